The summed E-state index contributed by atoms with van der Waals surface area (Å²) >= 11 is 0. The van der Waals surface area contributed by atoms with Gasteiger partial charge in [0, 0.05) is 12.2 Å². The van der Waals surface area contributed by atoms with Crippen LogP contribution in [-0.4, -0.2) is 43.9 Å². The molecule has 22 heavy (non-hydrogen) atoms. The average molecular weight is 305 g/mol. The van der Waals surface area contributed by atoms with Gasteiger partial charge in [0.05, 0.1) is 0 Å². The lowest BCUT2D eigenvalue weighted by molar-refractivity contribution is -0.136. The van der Waals surface area contributed by atoms with Crippen LogP contribution in [0.5, 0.6) is 0 Å². The molecule has 0 aliphatic heterocycles. The molecule has 2 N–H and O–H groups in total. The number of nitrogens with one attached hydrogen (secondary N) is 2. The van der Waals surface area contributed by atoms with E-state index >= 15 is 0 Å². The minimum Gasteiger partial charge on any atom is -0.348 e. The summed E-state index contributed by atoms with van der Waals surface area (Å²) in [4.78, 5) is 25.9. The number of hydrogen-bond acceptors (Lipinski definition) is 3. The first-order valence-corrected chi connectivity index (χ1v) is 7.84. The first kappa shape index (κ1) is 18.2. The lowest BCUT2D eigenvalue weighted by Crippen LogP contribution is -2.37. The molecule has 5 heteroatoms. The van der Waals surface area contributed by atoms with E-state index in [0.29, 0.717) is 6.54 Å². The van der Waals surface area contributed by atoms with E-state index in [1.54, 1.807) is 0 Å². The standard InChI is InChI=1S/C17H27N3O2/c1-5-13-9-7-10-14(6-2)15(13)19-17(22)16(21)18-11-8-12-20(3)4/h7,9-10H,5-6,8,11-12H2,1-4H3,(H,18,21)(H,19,22). The Labute approximate surface area is 133 Å². The normalized spacial score (nSPS) is 10.6. The molecule has 1 aromatic rings. The second-order valence-electron chi connectivity index (χ2n) is 5.53. The van der Waals surface area contributed by atoms with Crippen molar-refractivity contribution in [2.45, 2.75) is 33.1 Å². The number of amides is 2. The van der Waals surface area contributed by atoms with E-state index in [1.807, 2.05) is 51.0 Å². The highest BCUT2D eigenvalue weighted by atomic mass is 16.2. The van der Waals surface area contributed by atoms with Crippen molar-refractivity contribution in [3.63, 3.8) is 0 Å². The van der Waals surface area contributed by atoms with Crippen molar-refractivity contribution in [2.24, 2.45) is 0 Å². The van der Waals surface area contributed by atoms with Crippen molar-refractivity contribution in [1.82, 2.24) is 10.2 Å². The molecule has 0 saturated heterocycles. The van der Waals surface area contributed by atoms with E-state index in [9.17, 15) is 9.59 Å². The Kier molecular flexibility index (Phi) is 7.60. The van der Waals surface area contributed by atoms with Crippen molar-refractivity contribution in [1.29, 1.82) is 0 Å². The predicted molar refractivity (Wildman–Crippen MR) is 90.0 cm³/mol. The number of rotatable bonds is 7. The van der Waals surface area contributed by atoms with Gasteiger partial charge >= 0.3 is 11.8 Å². The molecule has 0 bridgehead atoms. The zero-order valence-corrected chi connectivity index (χ0v) is 14.0. The van der Waals surface area contributed by atoms with E-state index < -0.39 is 11.8 Å². The summed E-state index contributed by atoms with van der Waals surface area (Å²) < 4.78 is 0. The molecule has 0 radical (unpaired) electrons. The van der Waals surface area contributed by atoms with Crippen LogP contribution in [-0.2, 0) is 22.4 Å². The quantitative estimate of drug-likeness (QED) is 0.597. The van der Waals surface area contributed by atoms with Crippen LogP contribution in [0.3, 0.4) is 0 Å². The number of carbonyl (C=O) groups is 2. The van der Waals surface area contributed by atoms with Crippen molar-refractivity contribution in [3.05, 3.63) is 29.3 Å². The van der Waals surface area contributed by atoms with Gasteiger partial charge < -0.3 is 15.5 Å². The van der Waals surface area contributed by atoms with Crippen molar-refractivity contribution < 1.29 is 9.59 Å². The Hall–Kier alpha value is -1.88. The lowest BCUT2D eigenvalue weighted by atomic mass is 10.0. The fourth-order valence-electron chi connectivity index (χ4n) is 2.25. The smallest absolute Gasteiger partial charge is 0.313 e. The highest BCUT2D eigenvalue weighted by Crippen LogP contribution is 2.22. The molecule has 0 aliphatic carbocycles. The van der Waals surface area contributed by atoms with E-state index in [2.05, 4.69) is 10.6 Å². The van der Waals surface area contributed by atoms with Crippen LogP contribution in [0.2, 0.25) is 0 Å². The molecule has 1 aromatic carbocycles. The summed E-state index contributed by atoms with van der Waals surface area (Å²) in [6.45, 7) is 5.44. The second kappa shape index (κ2) is 9.20. The zero-order valence-electron chi connectivity index (χ0n) is 14.0. The molecular weight excluding hydrogens is 278 g/mol. The van der Waals surface area contributed by atoms with Gasteiger partial charge in [-0.2, -0.15) is 0 Å². The van der Waals surface area contributed by atoms with E-state index in [1.165, 1.54) is 0 Å². The summed E-state index contributed by atoms with van der Waals surface area (Å²) in [5.74, 6) is -1.17. The van der Waals surface area contributed by atoms with Gasteiger partial charge in [-0.25, -0.2) is 0 Å². The Balaban J connectivity index is 2.62. The predicted octanol–water partition coefficient (Wildman–Crippen LogP) is 1.82. The van der Waals surface area contributed by atoms with Crippen LogP contribution < -0.4 is 10.6 Å². The van der Waals surface area contributed by atoms with Gasteiger partial charge in [-0.3, -0.25) is 9.59 Å². The fraction of sp³-hybridized carbons (Fsp3) is 0.529. The molecule has 122 valence electrons. The molecule has 0 aliphatic rings. The lowest BCUT2D eigenvalue weighted by Gasteiger charge is -2.14. The maximum Gasteiger partial charge on any atom is 0.313 e. The van der Waals surface area contributed by atoms with Crippen LogP contribution in [0.15, 0.2) is 18.2 Å². The molecule has 0 unspecified atom stereocenters. The third kappa shape index (κ3) is 5.48. The van der Waals surface area contributed by atoms with Crippen LogP contribution in [0, 0.1) is 0 Å². The Morgan fingerprint density at radius 3 is 2.14 bits per heavy atom. The van der Waals surface area contributed by atoms with Crippen molar-refractivity contribution >= 4 is 17.5 Å². The maximum atomic E-state index is 12.0. The maximum absolute atomic E-state index is 12.0. The molecule has 0 spiro atoms. The van der Waals surface area contributed by atoms with E-state index in [4.69, 9.17) is 0 Å². The molecule has 0 saturated carbocycles. The highest BCUT2D eigenvalue weighted by Gasteiger charge is 2.16. The first-order valence-electron chi connectivity index (χ1n) is 7.84. The van der Waals surface area contributed by atoms with Gasteiger partial charge in [-0.15, -0.1) is 0 Å². The summed E-state index contributed by atoms with van der Waals surface area (Å²) in [5, 5.41) is 5.42. The van der Waals surface area contributed by atoms with Gasteiger partial charge in [0.25, 0.3) is 0 Å². The molecule has 5 nitrogen and oxygen atoms in total. The fourth-order valence-corrected chi connectivity index (χ4v) is 2.25. The number of benzene rings is 1. The van der Waals surface area contributed by atoms with Crippen LogP contribution in [0.1, 0.15) is 31.4 Å². The number of nitrogens with zero attached hydrogens (tertiary/aromatic N) is 1. The number of anilines is 1. The Bertz CT molecular complexity index is 490. The van der Waals surface area contributed by atoms with Gasteiger partial charge in [0.2, 0.25) is 0 Å². The molecular formula is C17H27N3O2. The Morgan fingerprint density at radius 1 is 1.05 bits per heavy atom. The van der Waals surface area contributed by atoms with Crippen LogP contribution in [0.25, 0.3) is 0 Å². The minimum absolute atomic E-state index is 0.500. The van der Waals surface area contributed by atoms with E-state index in [-0.39, 0.29) is 0 Å². The highest BCUT2D eigenvalue weighted by molar-refractivity contribution is 6.39. The van der Waals surface area contributed by atoms with Gasteiger partial charge in [-0.1, -0.05) is 32.0 Å². The summed E-state index contributed by atoms with van der Waals surface area (Å²) in [6.07, 6.45) is 2.44. The summed E-state index contributed by atoms with van der Waals surface area (Å²) in [6, 6.07) is 5.93. The topological polar surface area (TPSA) is 61.4 Å². The molecule has 0 atom stereocenters. The monoisotopic (exact) mass is 305 g/mol. The largest absolute Gasteiger partial charge is 0.348 e. The molecule has 0 aromatic heterocycles. The third-order valence-electron chi connectivity index (χ3n) is 3.51. The van der Waals surface area contributed by atoms with Crippen molar-refractivity contribution in [3.8, 4) is 0 Å². The second-order valence-corrected chi connectivity index (χ2v) is 5.53. The molecule has 0 heterocycles. The SMILES string of the molecule is CCc1cccc(CC)c1NC(=O)C(=O)NCCCN(C)C. The summed E-state index contributed by atoms with van der Waals surface area (Å²) in [5.41, 5.74) is 2.88. The van der Waals surface area contributed by atoms with Crippen LogP contribution in [0.4, 0.5) is 5.69 Å². The van der Waals surface area contributed by atoms with Gasteiger partial charge in [0.15, 0.2) is 0 Å². The van der Waals surface area contributed by atoms with Crippen molar-refractivity contribution in [2.75, 3.05) is 32.5 Å². The molecule has 2 amide bonds. The molecule has 1 rings (SSSR count). The average Bonchev–Trinajstić information content (AvgIpc) is 2.51. The number of carbonyl (C=O) groups excluding carboxylic acids is 2. The van der Waals surface area contributed by atoms with Gasteiger partial charge in [0.1, 0.15) is 0 Å². The zero-order chi connectivity index (χ0) is 16.5. The number of aryl methyl sites for hydroxylation is 2. The van der Waals surface area contributed by atoms with Crippen LogP contribution >= 0.6 is 0 Å². The first-order chi connectivity index (χ1) is 10.5. The Morgan fingerprint density at radius 2 is 1.64 bits per heavy atom. The minimum atomic E-state index is -0.597. The molecule has 0 fully saturated rings. The number of hydrogen-bond donors (Lipinski definition) is 2. The van der Waals surface area contributed by atoms with E-state index in [0.717, 1.165) is 42.6 Å². The summed E-state index contributed by atoms with van der Waals surface area (Å²) in [7, 11) is 3.95. The number of para-hydroxylation sites is 1. The third-order valence-corrected chi connectivity index (χ3v) is 3.51. The van der Waals surface area contributed by atoms with Gasteiger partial charge in [-0.05, 0) is 51.0 Å².